The normalized spacial score (nSPS) is 22.9. The molecular weight excluding hydrogens is 564 g/mol. The van der Waals surface area contributed by atoms with Crippen LogP contribution in [-0.2, 0) is 27.3 Å². The number of pyridine rings is 1. The number of nitrogens with one attached hydrogen (secondary N) is 3. The standard InChI is InChI=1S/C37H44N4O4/c42-34(13-14-35(43)41-37-30-18-26-17-27(20-30)21-31(37)19-26)38-15-4-16-45-33-11-8-28(9-12-33)29-7-10-32(39-24-29)22-36(44)40-23-25-5-2-1-3-6-25/h1-3,5-12,24,26-27,30-31,37H,4,13-23H2,(H,38,42)(H,40,44)(H,41,43). The van der Waals surface area contributed by atoms with E-state index in [0.717, 1.165) is 40.0 Å². The van der Waals surface area contributed by atoms with Crippen LogP contribution in [0, 0.1) is 23.7 Å². The second-order valence-electron chi connectivity index (χ2n) is 13.1. The highest BCUT2D eigenvalue weighted by molar-refractivity contribution is 5.83. The molecule has 4 aliphatic carbocycles. The lowest BCUT2D eigenvalue weighted by atomic mass is 9.54. The predicted molar refractivity (Wildman–Crippen MR) is 173 cm³/mol. The Morgan fingerprint density at radius 3 is 2.11 bits per heavy atom. The molecule has 0 spiro atoms. The van der Waals surface area contributed by atoms with Crippen LogP contribution in [0.3, 0.4) is 0 Å². The van der Waals surface area contributed by atoms with Gasteiger partial charge in [-0.1, -0.05) is 48.5 Å². The number of carbonyl (C=O) groups excluding carboxylic acids is 3. The second kappa shape index (κ2) is 14.7. The molecule has 2 aromatic carbocycles. The zero-order chi connectivity index (χ0) is 31.0. The number of nitrogens with zero attached hydrogens (tertiary/aromatic N) is 1. The van der Waals surface area contributed by atoms with Crippen molar-refractivity contribution >= 4 is 17.7 Å². The van der Waals surface area contributed by atoms with Crippen LogP contribution in [0.4, 0.5) is 0 Å². The average Bonchev–Trinajstić information content (AvgIpc) is 3.05. The van der Waals surface area contributed by atoms with Gasteiger partial charge < -0.3 is 20.7 Å². The third kappa shape index (κ3) is 8.50. The van der Waals surface area contributed by atoms with Gasteiger partial charge in [-0.2, -0.15) is 0 Å². The molecule has 8 heteroatoms. The van der Waals surface area contributed by atoms with Gasteiger partial charge in [0.05, 0.1) is 13.0 Å². The van der Waals surface area contributed by atoms with Crippen LogP contribution < -0.4 is 20.7 Å². The number of benzene rings is 2. The summed E-state index contributed by atoms with van der Waals surface area (Å²) >= 11 is 0. The number of hydrogen-bond donors (Lipinski definition) is 3. The Kier molecular flexibility index (Phi) is 10.1. The summed E-state index contributed by atoms with van der Waals surface area (Å²) in [6.07, 6.45) is 9.66. The zero-order valence-corrected chi connectivity index (χ0v) is 25.9. The summed E-state index contributed by atoms with van der Waals surface area (Å²) in [4.78, 5) is 41.6. The van der Waals surface area contributed by atoms with Crippen molar-refractivity contribution in [1.82, 2.24) is 20.9 Å². The summed E-state index contributed by atoms with van der Waals surface area (Å²) in [5.74, 6) is 3.69. The SMILES string of the molecule is O=C(CCC(=O)NC1C2CC3CC(C2)CC1C3)NCCCOc1ccc(-c2ccc(CC(=O)NCc3ccccc3)nc2)cc1. The highest BCUT2D eigenvalue weighted by Crippen LogP contribution is 2.53. The largest absolute Gasteiger partial charge is 0.494 e. The second-order valence-corrected chi connectivity index (χ2v) is 13.1. The van der Waals surface area contributed by atoms with Gasteiger partial charge in [0.1, 0.15) is 5.75 Å². The van der Waals surface area contributed by atoms with Crippen molar-refractivity contribution in [2.24, 2.45) is 23.7 Å². The third-order valence-electron chi connectivity index (χ3n) is 9.73. The molecule has 3 aromatic rings. The minimum atomic E-state index is -0.0907. The summed E-state index contributed by atoms with van der Waals surface area (Å²) in [5.41, 5.74) is 3.75. The van der Waals surface area contributed by atoms with Crippen LogP contribution in [0.25, 0.3) is 11.1 Å². The van der Waals surface area contributed by atoms with Crippen LogP contribution in [0.15, 0.2) is 72.9 Å². The molecule has 1 aromatic heterocycles. The van der Waals surface area contributed by atoms with Gasteiger partial charge in [0, 0.05) is 49.4 Å². The molecule has 0 saturated heterocycles. The van der Waals surface area contributed by atoms with Crippen LogP contribution in [0.5, 0.6) is 5.75 Å². The molecule has 236 valence electrons. The highest BCUT2D eigenvalue weighted by atomic mass is 16.5. The zero-order valence-electron chi connectivity index (χ0n) is 25.9. The number of hydrogen-bond acceptors (Lipinski definition) is 5. The van der Waals surface area contributed by atoms with Crippen LogP contribution in [0.1, 0.15) is 62.6 Å². The number of rotatable bonds is 14. The van der Waals surface area contributed by atoms with E-state index in [1.165, 1.54) is 32.1 Å². The molecule has 0 unspecified atom stereocenters. The van der Waals surface area contributed by atoms with E-state index in [9.17, 15) is 14.4 Å². The van der Waals surface area contributed by atoms with Crippen molar-refractivity contribution in [3.63, 3.8) is 0 Å². The Balaban J connectivity index is 0.838. The molecule has 3 amide bonds. The van der Waals surface area contributed by atoms with Crippen molar-refractivity contribution in [3.05, 3.63) is 84.2 Å². The molecular formula is C37H44N4O4. The van der Waals surface area contributed by atoms with E-state index in [4.69, 9.17) is 4.74 Å². The Labute approximate surface area is 265 Å². The van der Waals surface area contributed by atoms with Gasteiger partial charge in [-0.15, -0.1) is 0 Å². The molecule has 0 atom stereocenters. The topological polar surface area (TPSA) is 109 Å². The first-order valence-electron chi connectivity index (χ1n) is 16.5. The molecule has 0 radical (unpaired) electrons. The first-order chi connectivity index (χ1) is 22.0. The molecule has 3 N–H and O–H groups in total. The first kappa shape index (κ1) is 30.8. The molecule has 8 nitrogen and oxygen atoms in total. The van der Waals surface area contributed by atoms with Crippen LogP contribution in [-0.4, -0.2) is 41.9 Å². The van der Waals surface area contributed by atoms with Gasteiger partial charge in [0.15, 0.2) is 0 Å². The van der Waals surface area contributed by atoms with Gasteiger partial charge in [0.25, 0.3) is 0 Å². The smallest absolute Gasteiger partial charge is 0.226 e. The van der Waals surface area contributed by atoms with E-state index < -0.39 is 0 Å². The minimum absolute atomic E-state index is 0.0167. The van der Waals surface area contributed by atoms with Crippen molar-refractivity contribution in [1.29, 1.82) is 0 Å². The fraction of sp³-hybridized carbons (Fsp3) is 0.459. The van der Waals surface area contributed by atoms with Crippen molar-refractivity contribution in [2.45, 2.75) is 70.4 Å². The van der Waals surface area contributed by atoms with Crippen LogP contribution in [0.2, 0.25) is 0 Å². The molecule has 7 rings (SSSR count). The van der Waals surface area contributed by atoms with Gasteiger partial charge in [0.2, 0.25) is 17.7 Å². The lowest BCUT2D eigenvalue weighted by molar-refractivity contribution is -0.128. The van der Waals surface area contributed by atoms with Gasteiger partial charge in [-0.25, -0.2) is 0 Å². The Morgan fingerprint density at radius 1 is 0.733 bits per heavy atom. The number of aromatic nitrogens is 1. The summed E-state index contributed by atoms with van der Waals surface area (Å²) in [6.45, 7) is 1.49. The monoisotopic (exact) mass is 608 g/mol. The van der Waals surface area contributed by atoms with E-state index in [1.807, 2.05) is 66.7 Å². The molecule has 4 bridgehead atoms. The predicted octanol–water partition coefficient (Wildman–Crippen LogP) is 5.21. The number of ether oxygens (including phenoxy) is 1. The Hall–Kier alpha value is -4.20. The maximum Gasteiger partial charge on any atom is 0.226 e. The van der Waals surface area contributed by atoms with Gasteiger partial charge >= 0.3 is 0 Å². The maximum atomic E-state index is 12.6. The highest BCUT2D eigenvalue weighted by Gasteiger charge is 2.48. The molecule has 45 heavy (non-hydrogen) atoms. The molecule has 1 heterocycles. The fourth-order valence-corrected chi connectivity index (χ4v) is 7.69. The van der Waals surface area contributed by atoms with Gasteiger partial charge in [-0.05, 0) is 91.5 Å². The van der Waals surface area contributed by atoms with Crippen molar-refractivity contribution in [3.8, 4) is 16.9 Å². The Bertz CT molecular complexity index is 1410. The third-order valence-corrected chi connectivity index (χ3v) is 9.73. The molecule has 4 saturated carbocycles. The lowest BCUT2D eigenvalue weighted by Gasteiger charge is -2.54. The Morgan fingerprint density at radius 2 is 1.42 bits per heavy atom. The quantitative estimate of drug-likeness (QED) is 0.218. The van der Waals surface area contributed by atoms with E-state index in [0.29, 0.717) is 44.0 Å². The lowest BCUT2D eigenvalue weighted by Crippen LogP contribution is -2.55. The number of amides is 3. The first-order valence-corrected chi connectivity index (χ1v) is 16.5. The maximum absolute atomic E-state index is 12.6. The van der Waals surface area contributed by atoms with E-state index in [-0.39, 0.29) is 37.0 Å². The molecule has 4 fully saturated rings. The molecule has 4 aliphatic rings. The summed E-state index contributed by atoms with van der Waals surface area (Å²) in [6, 6.07) is 21.8. The number of carbonyl (C=O) groups is 3. The van der Waals surface area contributed by atoms with E-state index in [1.54, 1.807) is 6.20 Å². The average molecular weight is 609 g/mol. The van der Waals surface area contributed by atoms with E-state index >= 15 is 0 Å². The molecule has 0 aliphatic heterocycles. The summed E-state index contributed by atoms with van der Waals surface area (Å²) in [5, 5.41) is 9.13. The van der Waals surface area contributed by atoms with Crippen molar-refractivity contribution < 1.29 is 19.1 Å². The van der Waals surface area contributed by atoms with E-state index in [2.05, 4.69) is 20.9 Å². The minimum Gasteiger partial charge on any atom is -0.494 e. The fourth-order valence-electron chi connectivity index (χ4n) is 7.69. The summed E-state index contributed by atoms with van der Waals surface area (Å²) in [7, 11) is 0. The summed E-state index contributed by atoms with van der Waals surface area (Å²) < 4.78 is 5.85. The van der Waals surface area contributed by atoms with Crippen molar-refractivity contribution in [2.75, 3.05) is 13.2 Å². The van der Waals surface area contributed by atoms with Gasteiger partial charge in [-0.3, -0.25) is 19.4 Å². The van der Waals surface area contributed by atoms with Crippen LogP contribution >= 0.6 is 0 Å².